The van der Waals surface area contributed by atoms with E-state index in [2.05, 4.69) is 4.98 Å². The zero-order chi connectivity index (χ0) is 11.8. The molecule has 7 heteroatoms. The molecular formula is C9H12FN3O2S. The molecule has 1 fully saturated rings. The van der Waals surface area contributed by atoms with Crippen LogP contribution < -0.4 is 5.73 Å². The van der Waals surface area contributed by atoms with Gasteiger partial charge in [0.05, 0.1) is 0 Å². The molecule has 16 heavy (non-hydrogen) atoms. The van der Waals surface area contributed by atoms with Crippen LogP contribution in [0.2, 0.25) is 0 Å². The van der Waals surface area contributed by atoms with Gasteiger partial charge < -0.3 is 5.73 Å². The highest BCUT2D eigenvalue weighted by molar-refractivity contribution is 7.89. The molecule has 0 aromatic carbocycles. The van der Waals surface area contributed by atoms with Gasteiger partial charge in [-0.15, -0.1) is 0 Å². The summed E-state index contributed by atoms with van der Waals surface area (Å²) in [6, 6.07) is 2.25. The van der Waals surface area contributed by atoms with Crippen molar-refractivity contribution in [3.8, 4) is 0 Å². The van der Waals surface area contributed by atoms with E-state index in [1.807, 2.05) is 0 Å². The molecule has 2 heterocycles. The molecule has 0 amide bonds. The molecule has 0 unspecified atom stereocenters. The number of hydrogen-bond acceptors (Lipinski definition) is 4. The number of nitrogens with two attached hydrogens (primary N) is 1. The van der Waals surface area contributed by atoms with Crippen molar-refractivity contribution in [3.63, 3.8) is 0 Å². The van der Waals surface area contributed by atoms with Crippen molar-refractivity contribution in [3.05, 3.63) is 24.1 Å². The van der Waals surface area contributed by atoms with Crippen molar-refractivity contribution < 1.29 is 12.8 Å². The zero-order valence-corrected chi connectivity index (χ0v) is 9.32. The molecule has 2 rings (SSSR count). The van der Waals surface area contributed by atoms with Crippen molar-refractivity contribution in [2.45, 2.75) is 17.5 Å². The Morgan fingerprint density at radius 1 is 1.56 bits per heavy atom. The van der Waals surface area contributed by atoms with Crippen LogP contribution in [-0.4, -0.2) is 36.8 Å². The smallest absolute Gasteiger partial charge is 0.263 e. The van der Waals surface area contributed by atoms with Gasteiger partial charge in [-0.1, -0.05) is 0 Å². The molecule has 0 saturated carbocycles. The number of pyridine rings is 1. The van der Waals surface area contributed by atoms with Crippen LogP contribution in [0.1, 0.15) is 6.42 Å². The third-order valence-electron chi connectivity index (χ3n) is 2.50. The van der Waals surface area contributed by atoms with Crippen LogP contribution in [0, 0.1) is 5.82 Å². The van der Waals surface area contributed by atoms with Crippen LogP contribution in [0.3, 0.4) is 0 Å². The number of hydrogen-bond donors (Lipinski definition) is 1. The summed E-state index contributed by atoms with van der Waals surface area (Å²) in [7, 11) is -3.84. The summed E-state index contributed by atoms with van der Waals surface area (Å²) in [5, 5.41) is -0.524. The Morgan fingerprint density at radius 3 is 2.88 bits per heavy atom. The fraction of sp³-hybridized carbons (Fsp3) is 0.444. The number of sulfonamides is 1. The van der Waals surface area contributed by atoms with Gasteiger partial charge in [-0.3, -0.25) is 0 Å². The van der Waals surface area contributed by atoms with E-state index in [1.54, 1.807) is 0 Å². The van der Waals surface area contributed by atoms with E-state index < -0.39 is 20.9 Å². The number of halogens is 1. The molecule has 1 aromatic heterocycles. The summed E-state index contributed by atoms with van der Waals surface area (Å²) < 4.78 is 38.4. The van der Waals surface area contributed by atoms with E-state index >= 15 is 0 Å². The first kappa shape index (κ1) is 11.4. The van der Waals surface area contributed by atoms with Crippen molar-refractivity contribution in [2.75, 3.05) is 13.1 Å². The van der Waals surface area contributed by atoms with Crippen LogP contribution in [0.15, 0.2) is 23.4 Å². The molecule has 0 radical (unpaired) electrons. The van der Waals surface area contributed by atoms with E-state index in [1.165, 1.54) is 16.6 Å². The molecule has 5 nitrogen and oxygen atoms in total. The average molecular weight is 245 g/mol. The first-order valence-corrected chi connectivity index (χ1v) is 6.32. The Bertz CT molecular complexity index is 491. The lowest BCUT2D eigenvalue weighted by molar-refractivity contribution is 0.460. The maximum absolute atomic E-state index is 13.3. The molecule has 1 aromatic rings. The van der Waals surface area contributed by atoms with Crippen molar-refractivity contribution >= 4 is 10.0 Å². The normalized spacial score (nSPS) is 22.5. The SMILES string of the molecule is N[C@@H]1CCN(S(=O)(=O)c2ncccc2F)C1. The largest absolute Gasteiger partial charge is 0.326 e. The summed E-state index contributed by atoms with van der Waals surface area (Å²) >= 11 is 0. The van der Waals surface area contributed by atoms with Crippen LogP contribution in [-0.2, 0) is 10.0 Å². The monoisotopic (exact) mass is 245 g/mol. The molecule has 0 spiro atoms. The first-order valence-electron chi connectivity index (χ1n) is 4.88. The van der Waals surface area contributed by atoms with Crippen LogP contribution in [0.5, 0.6) is 0 Å². The fourth-order valence-corrected chi connectivity index (χ4v) is 3.14. The van der Waals surface area contributed by atoms with Gasteiger partial charge in [0, 0.05) is 25.3 Å². The number of aromatic nitrogens is 1. The minimum absolute atomic E-state index is 0.179. The standard InChI is InChI=1S/C9H12FN3O2S/c10-8-2-1-4-12-9(8)16(14,15)13-5-3-7(11)6-13/h1-2,4,7H,3,5-6,11H2/t7-/m1/s1. The zero-order valence-electron chi connectivity index (χ0n) is 8.51. The summed E-state index contributed by atoms with van der Waals surface area (Å²) in [6.45, 7) is 0.540. The van der Waals surface area contributed by atoms with Crippen LogP contribution in [0.25, 0.3) is 0 Å². The Balaban J connectivity index is 2.36. The topological polar surface area (TPSA) is 76.3 Å². The number of nitrogens with zero attached hydrogens (tertiary/aromatic N) is 2. The van der Waals surface area contributed by atoms with Gasteiger partial charge in [0.25, 0.3) is 10.0 Å². The predicted molar refractivity (Wildman–Crippen MR) is 55.5 cm³/mol. The van der Waals surface area contributed by atoms with E-state index in [4.69, 9.17) is 5.73 Å². The third kappa shape index (κ3) is 1.93. The molecule has 1 aliphatic rings. The van der Waals surface area contributed by atoms with Gasteiger partial charge in [0.1, 0.15) is 0 Å². The summed E-state index contributed by atoms with van der Waals surface area (Å²) in [5.41, 5.74) is 5.62. The fourth-order valence-electron chi connectivity index (χ4n) is 1.66. The predicted octanol–water partition coefficient (Wildman–Crippen LogP) is -0.0576. The third-order valence-corrected chi connectivity index (χ3v) is 4.30. The second-order valence-electron chi connectivity index (χ2n) is 3.70. The summed E-state index contributed by atoms with van der Waals surface area (Å²) in [4.78, 5) is 3.57. The van der Waals surface area contributed by atoms with Gasteiger partial charge >= 0.3 is 0 Å². The second kappa shape index (κ2) is 4.08. The maximum atomic E-state index is 13.3. The lowest BCUT2D eigenvalue weighted by Crippen LogP contribution is -2.32. The lowest BCUT2D eigenvalue weighted by atomic mass is 10.3. The highest BCUT2D eigenvalue weighted by Gasteiger charge is 2.33. The average Bonchev–Trinajstić information content (AvgIpc) is 2.66. The molecule has 2 N–H and O–H groups in total. The van der Waals surface area contributed by atoms with Gasteiger partial charge in [-0.25, -0.2) is 17.8 Å². The van der Waals surface area contributed by atoms with Crippen molar-refractivity contribution in [1.29, 1.82) is 0 Å². The Kier molecular flexibility index (Phi) is 2.92. The van der Waals surface area contributed by atoms with E-state index in [9.17, 15) is 12.8 Å². The maximum Gasteiger partial charge on any atom is 0.263 e. The van der Waals surface area contributed by atoms with Crippen molar-refractivity contribution in [2.24, 2.45) is 5.73 Å². The Hall–Kier alpha value is -1.05. The minimum Gasteiger partial charge on any atom is -0.326 e. The summed E-state index contributed by atoms with van der Waals surface area (Å²) in [6.07, 6.45) is 1.85. The van der Waals surface area contributed by atoms with Crippen LogP contribution in [0.4, 0.5) is 4.39 Å². The molecule has 0 bridgehead atoms. The lowest BCUT2D eigenvalue weighted by Gasteiger charge is -2.15. The highest BCUT2D eigenvalue weighted by atomic mass is 32.2. The summed E-state index contributed by atoms with van der Waals surface area (Å²) in [5.74, 6) is -0.831. The molecular weight excluding hydrogens is 233 g/mol. The van der Waals surface area contributed by atoms with Gasteiger partial charge in [-0.2, -0.15) is 4.31 Å². The van der Waals surface area contributed by atoms with Gasteiger partial charge in [-0.05, 0) is 18.6 Å². The Morgan fingerprint density at radius 2 is 2.31 bits per heavy atom. The van der Waals surface area contributed by atoms with E-state index in [0.717, 1.165) is 6.07 Å². The molecule has 1 aliphatic heterocycles. The molecule has 1 saturated heterocycles. The molecule has 0 aliphatic carbocycles. The van der Waals surface area contributed by atoms with E-state index in [0.29, 0.717) is 13.0 Å². The van der Waals surface area contributed by atoms with Crippen molar-refractivity contribution in [1.82, 2.24) is 9.29 Å². The molecule has 88 valence electrons. The first-order chi connectivity index (χ1) is 7.51. The number of rotatable bonds is 2. The minimum atomic E-state index is -3.84. The van der Waals surface area contributed by atoms with Crippen LogP contribution >= 0.6 is 0 Å². The molecule has 1 atom stereocenters. The quantitative estimate of drug-likeness (QED) is 0.792. The highest BCUT2D eigenvalue weighted by Crippen LogP contribution is 2.20. The van der Waals surface area contributed by atoms with Gasteiger partial charge in [0.15, 0.2) is 5.82 Å². The second-order valence-corrected chi connectivity index (χ2v) is 5.56. The van der Waals surface area contributed by atoms with Gasteiger partial charge in [0.2, 0.25) is 5.03 Å². The van der Waals surface area contributed by atoms with E-state index in [-0.39, 0.29) is 12.6 Å². The Labute approximate surface area is 93.1 Å².